The zero-order chi connectivity index (χ0) is 19.1. The van der Waals surface area contributed by atoms with E-state index in [9.17, 15) is 9.59 Å². The van der Waals surface area contributed by atoms with Gasteiger partial charge in [0.15, 0.2) is 18.1 Å². The molecule has 1 aliphatic rings. The molecule has 0 bridgehead atoms. The monoisotopic (exact) mass is 381 g/mol. The third kappa shape index (κ3) is 5.30. The summed E-state index contributed by atoms with van der Waals surface area (Å²) in [5.41, 5.74) is 0.519. The molecule has 1 fully saturated rings. The first-order valence-corrected chi connectivity index (χ1v) is 10.0. The number of rotatable bonds is 9. The molecule has 1 N–H and O–H groups in total. The summed E-state index contributed by atoms with van der Waals surface area (Å²) in [5, 5.41) is 9.39. The molecule has 6 nitrogen and oxygen atoms in total. The fourth-order valence-corrected chi connectivity index (χ4v) is 4.33. The maximum Gasteiger partial charge on any atom is 0.341 e. The van der Waals surface area contributed by atoms with Gasteiger partial charge >= 0.3 is 5.97 Å². The largest absolute Gasteiger partial charge is 0.490 e. The highest BCUT2D eigenvalue weighted by Crippen LogP contribution is 2.34. The second kappa shape index (κ2) is 9.71. The lowest BCUT2D eigenvalue weighted by Gasteiger charge is -2.25. The van der Waals surface area contributed by atoms with Crippen molar-refractivity contribution < 1.29 is 24.2 Å². The molecule has 0 radical (unpaired) electrons. The van der Waals surface area contributed by atoms with Crippen LogP contribution in [0.1, 0.15) is 43.5 Å². The van der Waals surface area contributed by atoms with Gasteiger partial charge in [0.25, 0.3) is 5.91 Å². The zero-order valence-corrected chi connectivity index (χ0v) is 16.4. The number of aliphatic carboxylic acids is 1. The van der Waals surface area contributed by atoms with E-state index in [0.717, 1.165) is 25.0 Å². The number of benzene rings is 1. The van der Waals surface area contributed by atoms with E-state index in [1.54, 1.807) is 18.2 Å². The van der Waals surface area contributed by atoms with Gasteiger partial charge in [-0.2, -0.15) is 11.8 Å². The molecule has 0 heterocycles. The Hall–Kier alpha value is -1.89. The highest BCUT2D eigenvalue weighted by Gasteiger charge is 2.30. The van der Waals surface area contributed by atoms with Gasteiger partial charge in [-0.3, -0.25) is 4.79 Å². The summed E-state index contributed by atoms with van der Waals surface area (Å²) in [6.07, 6.45) is 3.20. The highest BCUT2D eigenvalue weighted by molar-refractivity contribution is 7.99. The molecule has 1 aromatic rings. The van der Waals surface area contributed by atoms with Crippen LogP contribution in [0.25, 0.3) is 0 Å². The number of thioether (sulfide) groups is 1. The number of carbonyl (C=O) groups is 2. The highest BCUT2D eigenvalue weighted by atomic mass is 32.2. The van der Waals surface area contributed by atoms with Gasteiger partial charge in [-0.15, -0.1) is 0 Å². The second-order valence-electron chi connectivity index (χ2n) is 6.24. The van der Waals surface area contributed by atoms with E-state index < -0.39 is 12.6 Å². The molecule has 0 spiro atoms. The average molecular weight is 381 g/mol. The molecule has 2 rings (SSSR count). The Morgan fingerprint density at radius 1 is 1.23 bits per heavy atom. The molecular formula is C19H27NO5S. The van der Waals surface area contributed by atoms with Gasteiger partial charge in [0.05, 0.1) is 6.61 Å². The van der Waals surface area contributed by atoms with E-state index in [2.05, 4.69) is 6.92 Å². The van der Waals surface area contributed by atoms with Crippen LogP contribution in [0.2, 0.25) is 0 Å². The van der Waals surface area contributed by atoms with Crippen LogP contribution >= 0.6 is 11.8 Å². The number of carboxylic acids is 1. The Bertz CT molecular complexity index is 636. The Kier molecular flexibility index (Phi) is 7.63. The Balaban J connectivity index is 2.10. The van der Waals surface area contributed by atoms with Crippen molar-refractivity contribution in [1.29, 1.82) is 0 Å². The van der Waals surface area contributed by atoms with Gasteiger partial charge in [0, 0.05) is 23.9 Å². The van der Waals surface area contributed by atoms with Crippen molar-refractivity contribution in [3.8, 4) is 11.5 Å². The molecule has 26 heavy (non-hydrogen) atoms. The topological polar surface area (TPSA) is 76.1 Å². The molecule has 1 amide bonds. The molecule has 144 valence electrons. The van der Waals surface area contributed by atoms with Gasteiger partial charge in [-0.05, 0) is 50.1 Å². The van der Waals surface area contributed by atoms with Crippen LogP contribution in [0.3, 0.4) is 0 Å². The van der Waals surface area contributed by atoms with E-state index in [0.29, 0.717) is 28.9 Å². The minimum Gasteiger partial charge on any atom is -0.490 e. The first-order chi connectivity index (χ1) is 12.5. The predicted octanol–water partition coefficient (Wildman–Crippen LogP) is 3.29. The van der Waals surface area contributed by atoms with Crippen molar-refractivity contribution in [2.45, 2.75) is 44.4 Å². The summed E-state index contributed by atoms with van der Waals surface area (Å²) in [4.78, 5) is 25.4. The number of amides is 1. The van der Waals surface area contributed by atoms with Gasteiger partial charge in [-0.25, -0.2) is 4.79 Å². The lowest BCUT2D eigenvalue weighted by Crippen LogP contribution is -2.35. The summed E-state index contributed by atoms with van der Waals surface area (Å²) in [6.45, 7) is 3.93. The molecule has 7 heteroatoms. The van der Waals surface area contributed by atoms with Gasteiger partial charge < -0.3 is 19.5 Å². The van der Waals surface area contributed by atoms with Gasteiger partial charge in [-0.1, -0.05) is 6.92 Å². The van der Waals surface area contributed by atoms with E-state index in [-0.39, 0.29) is 11.9 Å². The lowest BCUT2D eigenvalue weighted by molar-refractivity contribution is -0.139. The maximum absolute atomic E-state index is 12.9. The van der Waals surface area contributed by atoms with Gasteiger partial charge in [0.1, 0.15) is 0 Å². The first kappa shape index (κ1) is 20.4. The molecular weight excluding hydrogens is 354 g/mol. The standard InChI is InChI=1S/C19H27NO5S/c1-4-24-17-10-13(6-9-16(17)25-12-18(21)22)19(23)20(3)14-7-8-15(11-14)26-5-2/h6,9-10,14-15H,4-5,7-8,11-12H2,1-3H3,(H,21,22). The van der Waals surface area contributed by atoms with Crippen molar-refractivity contribution in [3.05, 3.63) is 23.8 Å². The number of carboxylic acid groups (broad SMARTS) is 1. The smallest absolute Gasteiger partial charge is 0.341 e. The van der Waals surface area contributed by atoms with Crippen molar-refractivity contribution in [3.63, 3.8) is 0 Å². The zero-order valence-electron chi connectivity index (χ0n) is 15.6. The van der Waals surface area contributed by atoms with E-state index >= 15 is 0 Å². The van der Waals surface area contributed by atoms with E-state index in [1.165, 1.54) is 0 Å². The first-order valence-electron chi connectivity index (χ1n) is 8.96. The van der Waals surface area contributed by atoms with Crippen molar-refractivity contribution in [1.82, 2.24) is 4.90 Å². The van der Waals surface area contributed by atoms with E-state index in [1.807, 2.05) is 30.6 Å². The minimum absolute atomic E-state index is 0.0529. The fourth-order valence-electron chi connectivity index (χ4n) is 3.19. The van der Waals surface area contributed by atoms with Crippen LogP contribution in [0.5, 0.6) is 11.5 Å². The summed E-state index contributed by atoms with van der Waals surface area (Å²) in [5.74, 6) is 0.702. The molecule has 0 aromatic heterocycles. The summed E-state index contributed by atoms with van der Waals surface area (Å²) in [6, 6.07) is 5.14. The second-order valence-corrected chi connectivity index (χ2v) is 7.81. The third-order valence-electron chi connectivity index (χ3n) is 4.47. The Morgan fingerprint density at radius 3 is 2.65 bits per heavy atom. The quantitative estimate of drug-likeness (QED) is 0.707. The molecule has 1 saturated carbocycles. The predicted molar refractivity (Wildman–Crippen MR) is 102 cm³/mol. The minimum atomic E-state index is -1.06. The normalized spacial score (nSPS) is 19.2. The number of nitrogens with zero attached hydrogens (tertiary/aromatic N) is 1. The van der Waals surface area contributed by atoms with Crippen molar-refractivity contribution in [2.75, 3.05) is 26.0 Å². The molecule has 0 aliphatic heterocycles. The SMILES string of the molecule is CCOc1cc(C(=O)N(C)C2CCC(SCC)C2)ccc1OCC(=O)O. The van der Waals surface area contributed by atoms with Crippen LogP contribution in [-0.2, 0) is 4.79 Å². The van der Waals surface area contributed by atoms with Crippen molar-refractivity contribution >= 4 is 23.6 Å². The van der Waals surface area contributed by atoms with Gasteiger partial charge in [0.2, 0.25) is 0 Å². The number of ether oxygens (including phenoxy) is 2. The average Bonchev–Trinajstić information content (AvgIpc) is 3.08. The molecule has 1 aliphatic carbocycles. The Labute approximate surface area is 158 Å². The van der Waals surface area contributed by atoms with Crippen molar-refractivity contribution in [2.24, 2.45) is 0 Å². The number of hydrogen-bond acceptors (Lipinski definition) is 5. The van der Waals surface area contributed by atoms with E-state index in [4.69, 9.17) is 14.6 Å². The maximum atomic E-state index is 12.9. The summed E-state index contributed by atoms with van der Waals surface area (Å²) < 4.78 is 10.8. The molecule has 2 unspecified atom stereocenters. The number of hydrogen-bond donors (Lipinski definition) is 1. The van der Waals surface area contributed by atoms with Crippen LogP contribution in [0.4, 0.5) is 0 Å². The molecule has 1 aromatic carbocycles. The Morgan fingerprint density at radius 2 is 2.00 bits per heavy atom. The summed E-state index contributed by atoms with van der Waals surface area (Å²) in [7, 11) is 1.85. The van der Waals surface area contributed by atoms with Crippen LogP contribution in [0.15, 0.2) is 18.2 Å². The fraction of sp³-hybridized carbons (Fsp3) is 0.579. The van der Waals surface area contributed by atoms with Crippen LogP contribution in [0, 0.1) is 0 Å². The third-order valence-corrected chi connectivity index (χ3v) is 5.70. The van der Waals surface area contributed by atoms with Crippen LogP contribution in [-0.4, -0.2) is 59.2 Å². The lowest BCUT2D eigenvalue weighted by atomic mass is 10.1. The molecule has 2 atom stereocenters. The van der Waals surface area contributed by atoms with Crippen LogP contribution < -0.4 is 9.47 Å². The summed E-state index contributed by atoms with van der Waals surface area (Å²) >= 11 is 1.96. The number of carbonyl (C=O) groups excluding carboxylic acids is 1. The molecule has 0 saturated heterocycles.